The van der Waals surface area contributed by atoms with Crippen LogP contribution in [0.3, 0.4) is 0 Å². The van der Waals surface area contributed by atoms with Gasteiger partial charge in [0, 0.05) is 18.8 Å². The van der Waals surface area contributed by atoms with Crippen molar-refractivity contribution in [1.29, 1.82) is 0 Å². The van der Waals surface area contributed by atoms with Crippen LogP contribution in [0.4, 0.5) is 0 Å². The van der Waals surface area contributed by atoms with Crippen LogP contribution in [0.5, 0.6) is 0 Å². The summed E-state index contributed by atoms with van der Waals surface area (Å²) in [6, 6.07) is 6.57. The molecule has 0 spiro atoms. The Hall–Kier alpha value is -2.14. The Bertz CT molecular complexity index is 616. The first kappa shape index (κ1) is 14.3. The zero-order chi connectivity index (χ0) is 14.7. The molecule has 0 unspecified atom stereocenters. The number of primary amides is 1. The van der Waals surface area contributed by atoms with E-state index in [1.165, 1.54) is 17.3 Å². The van der Waals surface area contributed by atoms with Gasteiger partial charge in [-0.25, -0.2) is 4.68 Å². The van der Waals surface area contributed by atoms with Gasteiger partial charge in [-0.3, -0.25) is 4.79 Å². The summed E-state index contributed by atoms with van der Waals surface area (Å²) in [5.41, 5.74) is 9.00. The second-order valence-corrected chi connectivity index (χ2v) is 5.18. The molecule has 0 atom stereocenters. The molecule has 1 heterocycles. The number of rotatable bonds is 5. The smallest absolute Gasteiger partial charge is 0.251 e. The molecule has 106 valence electrons. The van der Waals surface area contributed by atoms with Crippen LogP contribution >= 0.6 is 0 Å². The van der Waals surface area contributed by atoms with E-state index >= 15 is 0 Å². The molecule has 0 fully saturated rings. The molecule has 1 amide bonds. The van der Waals surface area contributed by atoms with Gasteiger partial charge in [0.2, 0.25) is 0 Å². The first-order valence-corrected chi connectivity index (χ1v) is 6.65. The van der Waals surface area contributed by atoms with Crippen LogP contribution in [0.25, 0.3) is 5.69 Å². The van der Waals surface area contributed by atoms with Crippen molar-refractivity contribution in [3.63, 3.8) is 0 Å². The van der Waals surface area contributed by atoms with Crippen molar-refractivity contribution in [2.24, 2.45) is 5.73 Å². The summed E-state index contributed by atoms with van der Waals surface area (Å²) in [5.74, 6) is -0.467. The summed E-state index contributed by atoms with van der Waals surface area (Å²) in [6.45, 7) is 7.16. The summed E-state index contributed by atoms with van der Waals surface area (Å²) in [6.07, 6.45) is 3.12. The fourth-order valence-electron chi connectivity index (χ4n) is 1.93. The molecule has 0 bridgehead atoms. The van der Waals surface area contributed by atoms with Gasteiger partial charge in [-0.1, -0.05) is 19.9 Å². The van der Waals surface area contributed by atoms with Crippen LogP contribution in [0.15, 0.2) is 30.6 Å². The highest BCUT2D eigenvalue weighted by Gasteiger charge is 2.07. The van der Waals surface area contributed by atoms with E-state index in [0.29, 0.717) is 11.6 Å². The van der Waals surface area contributed by atoms with E-state index in [0.717, 1.165) is 12.2 Å². The highest BCUT2D eigenvalue weighted by molar-refractivity contribution is 5.92. The van der Waals surface area contributed by atoms with Gasteiger partial charge in [0.15, 0.2) is 0 Å². The number of carbonyl (C=O) groups is 1. The average Bonchev–Trinajstić information content (AvgIpc) is 2.86. The monoisotopic (exact) mass is 272 g/mol. The molecule has 1 aromatic carbocycles. The van der Waals surface area contributed by atoms with Crippen molar-refractivity contribution >= 4 is 5.91 Å². The topological polar surface area (TPSA) is 72.9 Å². The summed E-state index contributed by atoms with van der Waals surface area (Å²) >= 11 is 0. The van der Waals surface area contributed by atoms with E-state index in [1.54, 1.807) is 10.9 Å². The number of carbonyl (C=O) groups excluding carboxylic acids is 1. The lowest BCUT2D eigenvalue weighted by Gasteiger charge is -2.12. The van der Waals surface area contributed by atoms with E-state index in [-0.39, 0.29) is 0 Å². The summed E-state index contributed by atoms with van der Waals surface area (Å²) in [7, 11) is 0. The van der Waals surface area contributed by atoms with E-state index in [2.05, 4.69) is 43.3 Å². The van der Waals surface area contributed by atoms with Gasteiger partial charge in [-0.2, -0.15) is 5.10 Å². The maximum Gasteiger partial charge on any atom is 0.251 e. The minimum Gasteiger partial charge on any atom is -0.366 e. The normalized spacial score (nSPS) is 11.0. The van der Waals surface area contributed by atoms with Gasteiger partial charge in [0.1, 0.15) is 0 Å². The third-order valence-corrected chi connectivity index (χ3v) is 3.16. The molecule has 20 heavy (non-hydrogen) atoms. The van der Waals surface area contributed by atoms with Crippen molar-refractivity contribution in [3.05, 3.63) is 47.3 Å². The molecule has 3 N–H and O–H groups in total. The molecule has 0 saturated heterocycles. The molecule has 0 radical (unpaired) electrons. The third kappa shape index (κ3) is 3.24. The molecule has 5 heteroatoms. The molecule has 5 nitrogen and oxygen atoms in total. The Morgan fingerprint density at radius 1 is 1.45 bits per heavy atom. The quantitative estimate of drug-likeness (QED) is 0.871. The molecule has 0 aliphatic heterocycles. The van der Waals surface area contributed by atoms with Crippen LogP contribution in [-0.4, -0.2) is 21.7 Å². The molecule has 2 aromatic rings. The van der Waals surface area contributed by atoms with Gasteiger partial charge >= 0.3 is 0 Å². The second-order valence-electron chi connectivity index (χ2n) is 5.18. The summed E-state index contributed by atoms with van der Waals surface area (Å²) in [4.78, 5) is 11.1. The number of hydrogen-bond donors (Lipinski definition) is 2. The van der Waals surface area contributed by atoms with Crippen LogP contribution in [0, 0.1) is 6.92 Å². The Balaban J connectivity index is 2.21. The zero-order valence-corrected chi connectivity index (χ0v) is 12.1. The van der Waals surface area contributed by atoms with Crippen LogP contribution in [0.1, 0.15) is 35.3 Å². The molecule has 0 aliphatic carbocycles. The fourth-order valence-corrected chi connectivity index (χ4v) is 1.93. The molecule has 2 rings (SSSR count). The number of nitrogens with zero attached hydrogens (tertiary/aromatic N) is 2. The second kappa shape index (κ2) is 5.88. The van der Waals surface area contributed by atoms with Gasteiger partial charge in [-0.05, 0) is 30.2 Å². The van der Waals surface area contributed by atoms with Gasteiger partial charge < -0.3 is 11.1 Å². The van der Waals surface area contributed by atoms with Gasteiger partial charge in [-0.15, -0.1) is 0 Å². The highest BCUT2D eigenvalue weighted by atomic mass is 16.1. The van der Waals surface area contributed by atoms with Crippen LogP contribution < -0.4 is 11.1 Å². The lowest BCUT2D eigenvalue weighted by atomic mass is 10.1. The first-order chi connectivity index (χ1) is 9.47. The van der Waals surface area contributed by atoms with E-state index < -0.39 is 5.91 Å². The van der Waals surface area contributed by atoms with E-state index in [9.17, 15) is 4.79 Å². The number of benzene rings is 1. The predicted octanol–water partition coefficient (Wildman–Crippen LogP) is 1.78. The third-order valence-electron chi connectivity index (χ3n) is 3.16. The van der Waals surface area contributed by atoms with Crippen molar-refractivity contribution in [3.8, 4) is 5.69 Å². The number of aryl methyl sites for hydroxylation is 1. The number of nitrogens with two attached hydrogens (primary N) is 1. The standard InChI is InChI=1S/C15H20N4O/c1-10(2)17-7-12-4-5-14(6-11(12)3)19-9-13(8-18-19)15(16)20/h4-6,8-10,17H,7H2,1-3H3,(H2,16,20). The van der Waals surface area contributed by atoms with Gasteiger partial charge in [0.05, 0.1) is 17.4 Å². The average molecular weight is 272 g/mol. The summed E-state index contributed by atoms with van der Waals surface area (Å²) in [5, 5.41) is 7.55. The Morgan fingerprint density at radius 3 is 2.75 bits per heavy atom. The number of aromatic nitrogens is 2. The fraction of sp³-hybridized carbons (Fsp3) is 0.333. The SMILES string of the molecule is Cc1cc(-n2cc(C(N)=O)cn2)ccc1CNC(C)C. The zero-order valence-electron chi connectivity index (χ0n) is 12.1. The number of hydrogen-bond acceptors (Lipinski definition) is 3. The predicted molar refractivity (Wildman–Crippen MR) is 78.8 cm³/mol. The first-order valence-electron chi connectivity index (χ1n) is 6.65. The van der Waals surface area contributed by atoms with Crippen LogP contribution in [0.2, 0.25) is 0 Å². The van der Waals surface area contributed by atoms with Crippen molar-refractivity contribution in [2.45, 2.75) is 33.4 Å². The van der Waals surface area contributed by atoms with Crippen molar-refractivity contribution in [1.82, 2.24) is 15.1 Å². The Labute approximate surface area is 118 Å². The molecular formula is C15H20N4O. The lowest BCUT2D eigenvalue weighted by Crippen LogP contribution is -2.22. The number of amides is 1. The highest BCUT2D eigenvalue weighted by Crippen LogP contribution is 2.15. The number of nitrogens with one attached hydrogen (secondary N) is 1. The molecule has 1 aromatic heterocycles. The van der Waals surface area contributed by atoms with Crippen molar-refractivity contribution in [2.75, 3.05) is 0 Å². The lowest BCUT2D eigenvalue weighted by molar-refractivity contribution is 0.100. The molecular weight excluding hydrogens is 252 g/mol. The van der Waals surface area contributed by atoms with Gasteiger partial charge in [0.25, 0.3) is 5.91 Å². The molecule has 0 aliphatic rings. The Morgan fingerprint density at radius 2 is 2.20 bits per heavy atom. The van der Waals surface area contributed by atoms with Crippen molar-refractivity contribution < 1.29 is 4.79 Å². The maximum absolute atomic E-state index is 11.1. The largest absolute Gasteiger partial charge is 0.366 e. The van der Waals surface area contributed by atoms with Crippen LogP contribution in [-0.2, 0) is 6.54 Å². The summed E-state index contributed by atoms with van der Waals surface area (Å²) < 4.78 is 1.66. The minimum atomic E-state index is -0.467. The van der Waals surface area contributed by atoms with E-state index in [1.807, 2.05) is 6.07 Å². The minimum absolute atomic E-state index is 0.410. The molecule has 0 saturated carbocycles. The van der Waals surface area contributed by atoms with E-state index in [4.69, 9.17) is 5.73 Å². The maximum atomic E-state index is 11.1. The Kier molecular flexibility index (Phi) is 4.20.